The molecule has 4 rings (SSSR count). The molecule has 10 heteroatoms. The number of ether oxygens (including phenoxy) is 4. The van der Waals surface area contributed by atoms with Crippen LogP contribution in [0.15, 0.2) is 42.4 Å². The summed E-state index contributed by atoms with van der Waals surface area (Å²) in [6, 6.07) is 0. The van der Waals surface area contributed by atoms with Crippen LogP contribution in [0.4, 0.5) is 0 Å². The Labute approximate surface area is 254 Å². The van der Waals surface area contributed by atoms with Gasteiger partial charge in [-0.2, -0.15) is 0 Å². The number of hydrogen-bond donors (Lipinski definition) is 2. The highest BCUT2D eigenvalue weighted by Crippen LogP contribution is 2.45. The van der Waals surface area contributed by atoms with Crippen molar-refractivity contribution in [2.75, 3.05) is 13.2 Å². The molecule has 1 aliphatic heterocycles. The third-order valence-electron chi connectivity index (χ3n) is 9.00. The Kier molecular flexibility index (Phi) is 11.8. The molecule has 1 aromatic rings. The minimum atomic E-state index is -1.29. The molecule has 9 unspecified atom stereocenters. The molecular weight excluding hydrogens is 552 g/mol. The van der Waals surface area contributed by atoms with Crippen molar-refractivity contribution in [1.82, 2.24) is 9.55 Å². The van der Waals surface area contributed by atoms with Crippen LogP contribution in [-0.2, 0) is 35.6 Å². The number of carbonyl (C=O) groups excluding carboxylic acids is 2. The molecule has 0 aromatic carbocycles. The molecule has 43 heavy (non-hydrogen) atoms. The predicted molar refractivity (Wildman–Crippen MR) is 160 cm³/mol. The van der Waals surface area contributed by atoms with E-state index in [-0.39, 0.29) is 30.5 Å². The third-order valence-corrected chi connectivity index (χ3v) is 9.00. The number of carbonyl (C=O) groups is 2. The standard InChI is InChI=1S/C33H48N2O8/c1-20(2)26-12-10-21(3)27-15-25(43-30(38)13-11-24-16-35(5)19-34-24)9-7-6-8-23(14-28(26)27)17-40-33-32(42-22(4)36)31(39)29(37)18-41-33/h6-7,10-11,13,16,19-20,23,25-29,31-33,37,39H,8-9,12,14-15,17-18H2,1-5H3. The van der Waals surface area contributed by atoms with Crippen molar-refractivity contribution in [3.63, 3.8) is 0 Å². The molecule has 0 amide bonds. The highest BCUT2D eigenvalue weighted by atomic mass is 16.7. The molecule has 3 aliphatic rings. The van der Waals surface area contributed by atoms with Crippen LogP contribution >= 0.6 is 0 Å². The lowest BCUT2D eigenvalue weighted by Gasteiger charge is -2.43. The normalized spacial score (nSPS) is 33.6. The van der Waals surface area contributed by atoms with E-state index in [4.69, 9.17) is 18.9 Å². The molecule has 238 valence electrons. The molecule has 1 fully saturated rings. The Morgan fingerprint density at radius 3 is 2.63 bits per heavy atom. The van der Waals surface area contributed by atoms with Gasteiger partial charge < -0.3 is 33.7 Å². The van der Waals surface area contributed by atoms with E-state index in [1.165, 1.54) is 18.6 Å². The minimum Gasteiger partial charge on any atom is -0.459 e. The molecule has 2 heterocycles. The van der Waals surface area contributed by atoms with Crippen molar-refractivity contribution in [2.45, 2.75) is 90.5 Å². The van der Waals surface area contributed by atoms with Gasteiger partial charge in [0.1, 0.15) is 18.3 Å². The van der Waals surface area contributed by atoms with E-state index < -0.39 is 30.6 Å². The first-order valence-electron chi connectivity index (χ1n) is 15.5. The Hall–Kier alpha value is -2.79. The van der Waals surface area contributed by atoms with Gasteiger partial charge in [-0.25, -0.2) is 9.78 Å². The highest BCUT2D eigenvalue weighted by Gasteiger charge is 2.43. The zero-order valence-electron chi connectivity index (χ0n) is 26.0. The Bertz CT molecular complexity index is 1170. The van der Waals surface area contributed by atoms with Gasteiger partial charge >= 0.3 is 11.9 Å². The van der Waals surface area contributed by atoms with Gasteiger partial charge in [-0.1, -0.05) is 37.6 Å². The van der Waals surface area contributed by atoms with E-state index in [1.807, 2.05) is 17.8 Å². The average molecular weight is 601 g/mol. The number of fused-ring (bicyclic) bond motifs is 1. The zero-order chi connectivity index (χ0) is 31.1. The fraction of sp³-hybridized carbons (Fsp3) is 0.667. The van der Waals surface area contributed by atoms with E-state index in [0.717, 1.165) is 25.7 Å². The van der Waals surface area contributed by atoms with E-state index in [2.05, 4.69) is 44.0 Å². The van der Waals surface area contributed by atoms with E-state index in [1.54, 1.807) is 12.4 Å². The van der Waals surface area contributed by atoms with Crippen LogP contribution < -0.4 is 0 Å². The molecule has 0 bridgehead atoms. The van der Waals surface area contributed by atoms with E-state index in [9.17, 15) is 19.8 Å². The van der Waals surface area contributed by atoms with Crippen LogP contribution in [0.1, 0.15) is 65.5 Å². The Morgan fingerprint density at radius 2 is 1.93 bits per heavy atom. The molecular formula is C33H48N2O8. The number of hydrogen-bond acceptors (Lipinski definition) is 9. The van der Waals surface area contributed by atoms with Crippen LogP contribution in [0.3, 0.4) is 0 Å². The number of allylic oxidation sites excluding steroid dienone is 3. The van der Waals surface area contributed by atoms with Crippen molar-refractivity contribution in [3.05, 3.63) is 48.1 Å². The fourth-order valence-electron chi connectivity index (χ4n) is 6.71. The maximum absolute atomic E-state index is 12.8. The Morgan fingerprint density at radius 1 is 1.16 bits per heavy atom. The lowest BCUT2D eigenvalue weighted by atomic mass is 9.63. The summed E-state index contributed by atoms with van der Waals surface area (Å²) in [5, 5.41) is 20.5. The first-order chi connectivity index (χ1) is 20.5. The van der Waals surface area contributed by atoms with Crippen molar-refractivity contribution >= 4 is 18.0 Å². The number of aliphatic hydroxyl groups excluding tert-OH is 2. The number of imidazole rings is 1. The molecule has 0 radical (unpaired) electrons. The monoisotopic (exact) mass is 600 g/mol. The van der Waals surface area contributed by atoms with Gasteiger partial charge in [-0.05, 0) is 68.3 Å². The predicted octanol–water partition coefficient (Wildman–Crippen LogP) is 3.97. The lowest BCUT2D eigenvalue weighted by molar-refractivity contribution is -0.277. The number of esters is 2. The van der Waals surface area contributed by atoms with Crippen LogP contribution in [0, 0.1) is 29.6 Å². The van der Waals surface area contributed by atoms with Gasteiger partial charge in [0.05, 0.1) is 25.2 Å². The lowest BCUT2D eigenvalue weighted by Crippen LogP contribution is -2.55. The smallest absolute Gasteiger partial charge is 0.331 e. The minimum absolute atomic E-state index is 0.102. The summed E-state index contributed by atoms with van der Waals surface area (Å²) in [6.07, 6.45) is 12.5. The number of nitrogens with zero attached hydrogens (tertiary/aromatic N) is 2. The molecule has 0 saturated carbocycles. The molecule has 2 N–H and O–H groups in total. The SMILES string of the molecule is CC(=O)OC1C(OCC2CC=CCC(OC(=O)C=Cc3cn(C)cn3)CC3C(C)=CCC(C(C)C)C3C2)OCC(O)C1O. The number of aryl methyl sites for hydroxylation is 1. The summed E-state index contributed by atoms with van der Waals surface area (Å²) in [7, 11) is 1.88. The molecule has 1 saturated heterocycles. The first kappa shape index (κ1) is 33.1. The molecule has 1 aromatic heterocycles. The number of aliphatic hydroxyl groups is 2. The second-order valence-electron chi connectivity index (χ2n) is 12.7. The van der Waals surface area contributed by atoms with Crippen LogP contribution in [0.25, 0.3) is 6.08 Å². The van der Waals surface area contributed by atoms with Crippen LogP contribution in [0.2, 0.25) is 0 Å². The number of rotatable bonds is 8. The average Bonchev–Trinajstić information content (AvgIpc) is 3.37. The largest absolute Gasteiger partial charge is 0.459 e. The van der Waals surface area contributed by atoms with Gasteiger partial charge in [0.2, 0.25) is 0 Å². The first-order valence-corrected chi connectivity index (χ1v) is 15.5. The summed E-state index contributed by atoms with van der Waals surface area (Å²) in [5.41, 5.74) is 2.03. The topological polar surface area (TPSA) is 129 Å². The fourth-order valence-corrected chi connectivity index (χ4v) is 6.71. The molecule has 0 spiro atoms. The Balaban J connectivity index is 1.49. The van der Waals surface area contributed by atoms with Gasteiger partial charge in [-0.3, -0.25) is 4.79 Å². The van der Waals surface area contributed by atoms with Crippen LogP contribution in [0.5, 0.6) is 0 Å². The summed E-state index contributed by atoms with van der Waals surface area (Å²) >= 11 is 0. The van der Waals surface area contributed by atoms with Crippen LogP contribution in [-0.4, -0.2) is 75.6 Å². The zero-order valence-corrected chi connectivity index (χ0v) is 26.0. The van der Waals surface area contributed by atoms with Gasteiger partial charge in [0.25, 0.3) is 0 Å². The van der Waals surface area contributed by atoms with E-state index >= 15 is 0 Å². The summed E-state index contributed by atoms with van der Waals surface area (Å²) in [4.78, 5) is 28.7. The van der Waals surface area contributed by atoms with Crippen molar-refractivity contribution < 1.29 is 38.7 Å². The summed E-state index contributed by atoms with van der Waals surface area (Å²) in [6.45, 7) is 8.23. The third kappa shape index (κ3) is 9.11. The molecule has 2 aliphatic carbocycles. The maximum Gasteiger partial charge on any atom is 0.331 e. The van der Waals surface area contributed by atoms with E-state index in [0.29, 0.717) is 36.5 Å². The van der Waals surface area contributed by atoms with Crippen molar-refractivity contribution in [3.8, 4) is 0 Å². The van der Waals surface area contributed by atoms with Gasteiger partial charge in [0.15, 0.2) is 12.4 Å². The molecule has 10 nitrogen and oxygen atoms in total. The van der Waals surface area contributed by atoms with Gasteiger partial charge in [0, 0.05) is 32.7 Å². The number of aromatic nitrogens is 2. The maximum atomic E-state index is 12.8. The van der Waals surface area contributed by atoms with Crippen molar-refractivity contribution in [1.29, 1.82) is 0 Å². The second-order valence-corrected chi connectivity index (χ2v) is 12.7. The summed E-state index contributed by atoms with van der Waals surface area (Å²) < 4.78 is 24.9. The second kappa shape index (κ2) is 15.3. The van der Waals surface area contributed by atoms with Crippen molar-refractivity contribution in [2.24, 2.45) is 36.6 Å². The quantitative estimate of drug-likeness (QED) is 0.259. The van der Waals surface area contributed by atoms with Gasteiger partial charge in [-0.15, -0.1) is 0 Å². The highest BCUT2D eigenvalue weighted by molar-refractivity contribution is 5.86. The summed E-state index contributed by atoms with van der Waals surface area (Å²) in [5.74, 6) is 0.767. The molecule has 9 atom stereocenters.